The van der Waals surface area contributed by atoms with Gasteiger partial charge in [0, 0.05) is 5.56 Å². The third kappa shape index (κ3) is 5.54. The van der Waals surface area contributed by atoms with Crippen LogP contribution in [0.4, 0.5) is 0 Å². The summed E-state index contributed by atoms with van der Waals surface area (Å²) in [5, 5.41) is 0.260. The molecule has 30 heavy (non-hydrogen) atoms. The molecule has 0 heterocycles. The van der Waals surface area contributed by atoms with Crippen LogP contribution in [0.2, 0.25) is 5.02 Å². The second kappa shape index (κ2) is 10.4. The Morgan fingerprint density at radius 1 is 0.867 bits per heavy atom. The number of ketones is 1. The fourth-order valence-corrected chi connectivity index (χ4v) is 2.68. The zero-order valence-electron chi connectivity index (χ0n) is 16.5. The van der Waals surface area contributed by atoms with E-state index >= 15 is 0 Å². The molecule has 0 fully saturated rings. The van der Waals surface area contributed by atoms with Gasteiger partial charge in [0.1, 0.15) is 5.75 Å². The summed E-state index contributed by atoms with van der Waals surface area (Å²) in [6.07, 6.45) is 0. The third-order valence-corrected chi connectivity index (χ3v) is 4.16. The van der Waals surface area contributed by atoms with E-state index in [1.54, 1.807) is 0 Å². The molecular formula is C20H20ClNO8. The van der Waals surface area contributed by atoms with Crippen LogP contribution >= 0.6 is 11.6 Å². The Hall–Kier alpha value is -3.46. The predicted molar refractivity (Wildman–Crippen MR) is 107 cm³/mol. The van der Waals surface area contributed by atoms with Gasteiger partial charge in [-0.2, -0.15) is 0 Å². The highest BCUT2D eigenvalue weighted by molar-refractivity contribution is 6.32. The summed E-state index contributed by atoms with van der Waals surface area (Å²) in [7, 11) is 4.15. The number of methoxy groups -OCH3 is 3. The lowest BCUT2D eigenvalue weighted by molar-refractivity contribution is -0.120. The van der Waals surface area contributed by atoms with Crippen molar-refractivity contribution in [2.45, 2.75) is 0 Å². The van der Waals surface area contributed by atoms with Gasteiger partial charge in [-0.1, -0.05) is 11.6 Å². The van der Waals surface area contributed by atoms with Crippen molar-refractivity contribution >= 4 is 29.3 Å². The Balaban J connectivity index is 2.15. The summed E-state index contributed by atoms with van der Waals surface area (Å²) in [4.78, 5) is 35.7. The molecule has 0 unspecified atom stereocenters. The molecule has 2 aromatic carbocycles. The molecular weight excluding hydrogens is 418 g/mol. The number of hydrogen-bond acceptors (Lipinski definition) is 8. The largest absolute Gasteiger partial charge is 0.495 e. The summed E-state index contributed by atoms with van der Waals surface area (Å²) in [6, 6.07) is 7.13. The molecule has 160 valence electrons. The average molecular weight is 438 g/mol. The highest BCUT2D eigenvalue weighted by atomic mass is 35.5. The Morgan fingerprint density at radius 2 is 1.47 bits per heavy atom. The van der Waals surface area contributed by atoms with E-state index in [-0.39, 0.29) is 33.4 Å². The minimum absolute atomic E-state index is 0.0516. The van der Waals surface area contributed by atoms with Crippen molar-refractivity contribution in [3.8, 4) is 23.0 Å². The van der Waals surface area contributed by atoms with Crippen LogP contribution < -0.4 is 24.7 Å². The van der Waals surface area contributed by atoms with Crippen LogP contribution in [-0.2, 0) is 9.53 Å². The maximum atomic E-state index is 12.4. The monoisotopic (exact) mass is 437 g/mol. The normalized spacial score (nSPS) is 10.1. The molecule has 2 aromatic rings. The Kier molecular flexibility index (Phi) is 7.88. The molecule has 0 aliphatic carbocycles. The van der Waals surface area contributed by atoms with Crippen molar-refractivity contribution in [2.24, 2.45) is 5.73 Å². The van der Waals surface area contributed by atoms with Gasteiger partial charge in [-0.3, -0.25) is 9.59 Å². The van der Waals surface area contributed by atoms with Gasteiger partial charge in [-0.15, -0.1) is 0 Å². The topological polar surface area (TPSA) is 123 Å². The minimum atomic E-state index is -0.791. The van der Waals surface area contributed by atoms with Crippen molar-refractivity contribution in [1.82, 2.24) is 0 Å². The molecule has 0 atom stereocenters. The van der Waals surface area contributed by atoms with Gasteiger partial charge in [0.15, 0.2) is 30.5 Å². The highest BCUT2D eigenvalue weighted by Crippen LogP contribution is 2.38. The van der Waals surface area contributed by atoms with Crippen LogP contribution in [0.25, 0.3) is 0 Å². The zero-order valence-corrected chi connectivity index (χ0v) is 17.3. The molecule has 0 saturated carbocycles. The van der Waals surface area contributed by atoms with Crippen LogP contribution in [0, 0.1) is 0 Å². The van der Waals surface area contributed by atoms with E-state index in [1.807, 2.05) is 0 Å². The summed E-state index contributed by atoms with van der Waals surface area (Å²) in [6.45, 7) is -0.915. The molecule has 0 aliphatic rings. The Morgan fingerprint density at radius 3 is 1.97 bits per heavy atom. The summed E-state index contributed by atoms with van der Waals surface area (Å²) in [5.74, 6) is -1.18. The number of Topliss-reactive ketones (excluding diaryl/α,β-unsaturated/α-hetero) is 1. The first-order valence-corrected chi connectivity index (χ1v) is 8.89. The van der Waals surface area contributed by atoms with Crippen LogP contribution in [0.5, 0.6) is 23.0 Å². The molecule has 2 rings (SSSR count). The van der Waals surface area contributed by atoms with E-state index < -0.39 is 30.9 Å². The Labute approximate surface area is 177 Å². The number of carbonyl (C=O) groups is 3. The second-order valence-corrected chi connectivity index (χ2v) is 6.22. The zero-order chi connectivity index (χ0) is 22.3. The predicted octanol–water partition coefficient (Wildman–Crippen LogP) is 2.27. The standard InChI is InChI=1S/C20H20ClNO8/c1-26-15-5-4-11(6-13(15)21)14(23)9-30-20(25)12-7-16(27-2)19(17(8-12)28-3)29-10-18(22)24/h4-8H,9-10H2,1-3H3,(H2,22,24). The van der Waals surface area contributed by atoms with E-state index in [1.165, 1.54) is 51.7 Å². The van der Waals surface area contributed by atoms with Gasteiger partial charge in [-0.05, 0) is 30.3 Å². The van der Waals surface area contributed by atoms with Gasteiger partial charge in [0.05, 0.1) is 31.9 Å². The van der Waals surface area contributed by atoms with E-state index in [9.17, 15) is 14.4 Å². The van der Waals surface area contributed by atoms with Crippen LogP contribution in [0.15, 0.2) is 30.3 Å². The lowest BCUT2D eigenvalue weighted by Crippen LogP contribution is -2.20. The summed E-state index contributed by atoms with van der Waals surface area (Å²) >= 11 is 6.01. The number of nitrogens with two attached hydrogens (primary N) is 1. The van der Waals surface area contributed by atoms with Gasteiger partial charge in [-0.25, -0.2) is 4.79 Å². The fourth-order valence-electron chi connectivity index (χ4n) is 2.42. The number of ether oxygens (including phenoxy) is 5. The van der Waals surface area contributed by atoms with E-state index in [0.717, 1.165) is 0 Å². The summed E-state index contributed by atoms with van der Waals surface area (Å²) < 4.78 is 25.8. The highest BCUT2D eigenvalue weighted by Gasteiger charge is 2.20. The van der Waals surface area contributed by atoms with Gasteiger partial charge in [0.25, 0.3) is 5.91 Å². The molecule has 0 bridgehead atoms. The fraction of sp³-hybridized carbons (Fsp3) is 0.250. The average Bonchev–Trinajstić information content (AvgIpc) is 2.74. The molecule has 10 heteroatoms. The lowest BCUT2D eigenvalue weighted by Gasteiger charge is -2.15. The quantitative estimate of drug-likeness (QED) is 0.443. The molecule has 0 saturated heterocycles. The number of esters is 1. The molecule has 1 amide bonds. The molecule has 2 N–H and O–H groups in total. The number of carbonyl (C=O) groups excluding carboxylic acids is 3. The maximum Gasteiger partial charge on any atom is 0.338 e. The van der Waals surface area contributed by atoms with Gasteiger partial charge < -0.3 is 29.4 Å². The van der Waals surface area contributed by atoms with Crippen molar-refractivity contribution < 1.29 is 38.1 Å². The van der Waals surface area contributed by atoms with Crippen molar-refractivity contribution in [3.63, 3.8) is 0 Å². The SMILES string of the molecule is COc1ccc(C(=O)COC(=O)c2cc(OC)c(OCC(N)=O)c(OC)c2)cc1Cl. The smallest absolute Gasteiger partial charge is 0.338 e. The van der Waals surface area contributed by atoms with Gasteiger partial charge in [0.2, 0.25) is 5.75 Å². The number of hydrogen-bond donors (Lipinski definition) is 1. The first kappa shape index (κ1) is 22.8. The van der Waals surface area contributed by atoms with E-state index in [0.29, 0.717) is 5.75 Å². The molecule has 9 nitrogen and oxygen atoms in total. The maximum absolute atomic E-state index is 12.4. The number of rotatable bonds is 10. The number of primary amides is 1. The van der Waals surface area contributed by atoms with Crippen LogP contribution in [-0.4, -0.2) is 52.2 Å². The Bertz CT molecular complexity index is 935. The minimum Gasteiger partial charge on any atom is -0.495 e. The van der Waals surface area contributed by atoms with Crippen LogP contribution in [0.1, 0.15) is 20.7 Å². The molecule has 0 aromatic heterocycles. The van der Waals surface area contributed by atoms with Crippen molar-refractivity contribution in [2.75, 3.05) is 34.5 Å². The third-order valence-electron chi connectivity index (χ3n) is 3.86. The van der Waals surface area contributed by atoms with E-state index in [2.05, 4.69) is 0 Å². The summed E-state index contributed by atoms with van der Waals surface area (Å²) in [5.41, 5.74) is 5.39. The first-order chi connectivity index (χ1) is 14.3. The van der Waals surface area contributed by atoms with Crippen LogP contribution in [0.3, 0.4) is 0 Å². The van der Waals surface area contributed by atoms with E-state index in [4.69, 9.17) is 41.0 Å². The lowest BCUT2D eigenvalue weighted by atomic mass is 10.1. The van der Waals surface area contributed by atoms with Crippen molar-refractivity contribution in [1.29, 1.82) is 0 Å². The molecule has 0 spiro atoms. The number of halogens is 1. The first-order valence-electron chi connectivity index (χ1n) is 8.51. The van der Waals surface area contributed by atoms with Gasteiger partial charge >= 0.3 is 5.97 Å². The van der Waals surface area contributed by atoms with Crippen molar-refractivity contribution in [3.05, 3.63) is 46.5 Å². The molecule has 0 radical (unpaired) electrons. The number of amides is 1. The molecule has 0 aliphatic heterocycles. The number of benzene rings is 2. The second-order valence-electron chi connectivity index (χ2n) is 5.81.